The van der Waals surface area contributed by atoms with Gasteiger partial charge in [0.2, 0.25) is 0 Å². The number of hydrogen-bond donors (Lipinski definition) is 1. The number of rotatable bonds is 5. The van der Waals surface area contributed by atoms with Crippen molar-refractivity contribution < 1.29 is 9.53 Å². The Morgan fingerprint density at radius 1 is 1.26 bits per heavy atom. The first-order valence-corrected chi connectivity index (χ1v) is 9.07. The first-order valence-electron chi connectivity index (χ1n) is 7.03. The molecule has 0 aliphatic rings. The molecule has 0 spiro atoms. The lowest BCUT2D eigenvalue weighted by Crippen LogP contribution is -2.11. The predicted molar refractivity (Wildman–Crippen MR) is 96.5 cm³/mol. The van der Waals surface area contributed by atoms with Gasteiger partial charge in [-0.1, -0.05) is 23.9 Å². The van der Waals surface area contributed by atoms with E-state index in [-0.39, 0.29) is 5.91 Å². The highest BCUT2D eigenvalue weighted by atomic mass is 32.2. The van der Waals surface area contributed by atoms with Crippen LogP contribution in [-0.4, -0.2) is 24.3 Å². The average molecular weight is 344 g/mol. The fraction of sp³-hybridized carbons (Fsp3) is 0.176. The van der Waals surface area contributed by atoms with Crippen molar-refractivity contribution in [3.8, 4) is 0 Å². The van der Waals surface area contributed by atoms with Gasteiger partial charge in [0, 0.05) is 18.4 Å². The molecular formula is C17H16N2O2S2. The number of carbonyl (C=O) groups excluding carboxylic acids is 1. The summed E-state index contributed by atoms with van der Waals surface area (Å²) in [6.07, 6.45) is 2.01. The molecule has 118 valence electrons. The summed E-state index contributed by atoms with van der Waals surface area (Å²) in [5, 5.41) is 2.93. The molecule has 0 saturated heterocycles. The first kappa shape index (κ1) is 16.0. The number of amides is 1. The van der Waals surface area contributed by atoms with E-state index in [1.807, 2.05) is 36.6 Å². The fourth-order valence-corrected chi connectivity index (χ4v) is 3.72. The van der Waals surface area contributed by atoms with Crippen LogP contribution in [0.2, 0.25) is 0 Å². The Balaban J connectivity index is 1.76. The van der Waals surface area contributed by atoms with Gasteiger partial charge in [0.1, 0.15) is 0 Å². The van der Waals surface area contributed by atoms with E-state index in [1.165, 1.54) is 0 Å². The zero-order chi connectivity index (χ0) is 16.2. The Hall–Kier alpha value is -1.89. The van der Waals surface area contributed by atoms with E-state index in [4.69, 9.17) is 4.74 Å². The summed E-state index contributed by atoms with van der Waals surface area (Å²) in [4.78, 5) is 16.8. The fourth-order valence-electron chi connectivity index (χ4n) is 2.19. The summed E-state index contributed by atoms with van der Waals surface area (Å²) in [7, 11) is 1.65. The number of nitrogens with zero attached hydrogens (tertiary/aromatic N) is 1. The van der Waals surface area contributed by atoms with Crippen LogP contribution in [0.1, 0.15) is 15.9 Å². The maximum Gasteiger partial charge on any atom is 0.255 e. The number of fused-ring (bicyclic) bond motifs is 1. The van der Waals surface area contributed by atoms with Crippen molar-refractivity contribution >= 4 is 44.9 Å². The molecule has 6 heteroatoms. The maximum atomic E-state index is 12.3. The van der Waals surface area contributed by atoms with Crippen LogP contribution < -0.4 is 5.32 Å². The molecule has 1 amide bonds. The number of benzene rings is 2. The summed E-state index contributed by atoms with van der Waals surface area (Å²) >= 11 is 3.25. The molecular weight excluding hydrogens is 328 g/mol. The number of carbonyl (C=O) groups is 1. The van der Waals surface area contributed by atoms with Crippen LogP contribution in [0.15, 0.2) is 46.8 Å². The molecule has 0 radical (unpaired) electrons. The van der Waals surface area contributed by atoms with Gasteiger partial charge in [-0.25, -0.2) is 4.98 Å². The van der Waals surface area contributed by atoms with Gasteiger partial charge in [-0.05, 0) is 42.2 Å². The van der Waals surface area contributed by atoms with Crippen molar-refractivity contribution in [2.75, 3.05) is 18.7 Å². The molecule has 4 nitrogen and oxygen atoms in total. The Labute approximate surface area is 142 Å². The highest BCUT2D eigenvalue weighted by molar-refractivity contribution is 8.00. The Kier molecular flexibility index (Phi) is 4.95. The average Bonchev–Trinajstić information content (AvgIpc) is 2.98. The highest BCUT2D eigenvalue weighted by Gasteiger charge is 2.08. The summed E-state index contributed by atoms with van der Waals surface area (Å²) < 4.78 is 7.17. The third-order valence-corrected chi connectivity index (χ3v) is 5.33. The topological polar surface area (TPSA) is 51.2 Å². The lowest BCUT2D eigenvalue weighted by Gasteiger charge is -2.06. The van der Waals surface area contributed by atoms with E-state index in [0.717, 1.165) is 25.8 Å². The van der Waals surface area contributed by atoms with E-state index in [2.05, 4.69) is 10.3 Å². The van der Waals surface area contributed by atoms with Crippen molar-refractivity contribution in [2.45, 2.75) is 10.9 Å². The van der Waals surface area contributed by atoms with Crippen molar-refractivity contribution in [2.24, 2.45) is 0 Å². The zero-order valence-electron chi connectivity index (χ0n) is 12.8. The molecule has 1 heterocycles. The third-order valence-electron chi connectivity index (χ3n) is 3.33. The number of hydrogen-bond acceptors (Lipinski definition) is 5. The zero-order valence-corrected chi connectivity index (χ0v) is 14.5. The van der Waals surface area contributed by atoms with Crippen molar-refractivity contribution in [1.29, 1.82) is 0 Å². The molecule has 0 aliphatic carbocycles. The number of aromatic nitrogens is 1. The molecule has 0 bridgehead atoms. The molecule has 0 unspecified atom stereocenters. The van der Waals surface area contributed by atoms with E-state index in [0.29, 0.717) is 12.2 Å². The molecule has 23 heavy (non-hydrogen) atoms. The minimum absolute atomic E-state index is 0.122. The van der Waals surface area contributed by atoms with Gasteiger partial charge in [-0.3, -0.25) is 4.79 Å². The Morgan fingerprint density at radius 3 is 2.74 bits per heavy atom. The van der Waals surface area contributed by atoms with Crippen molar-refractivity contribution in [3.63, 3.8) is 0 Å². The van der Waals surface area contributed by atoms with E-state index in [1.54, 1.807) is 42.3 Å². The lowest BCUT2D eigenvalue weighted by molar-refractivity contribution is 0.102. The van der Waals surface area contributed by atoms with Gasteiger partial charge in [0.25, 0.3) is 5.91 Å². The smallest absolute Gasteiger partial charge is 0.255 e. The number of nitrogens with one attached hydrogen (secondary N) is 1. The molecule has 2 aromatic carbocycles. The Morgan fingerprint density at radius 2 is 2.04 bits per heavy atom. The van der Waals surface area contributed by atoms with Crippen LogP contribution in [0.3, 0.4) is 0 Å². The molecule has 3 rings (SSSR count). The second kappa shape index (κ2) is 7.12. The van der Waals surface area contributed by atoms with Crippen molar-refractivity contribution in [3.05, 3.63) is 53.6 Å². The second-order valence-electron chi connectivity index (χ2n) is 4.95. The number of thiazole rings is 1. The van der Waals surface area contributed by atoms with Crippen LogP contribution in [0.4, 0.5) is 5.69 Å². The summed E-state index contributed by atoms with van der Waals surface area (Å²) in [5.74, 6) is -0.122. The van der Waals surface area contributed by atoms with Gasteiger partial charge in [-0.2, -0.15) is 0 Å². The van der Waals surface area contributed by atoms with E-state index < -0.39 is 0 Å². The van der Waals surface area contributed by atoms with E-state index >= 15 is 0 Å². The van der Waals surface area contributed by atoms with Gasteiger partial charge in [0.15, 0.2) is 4.34 Å². The largest absolute Gasteiger partial charge is 0.380 e. The predicted octanol–water partition coefficient (Wildman–Crippen LogP) is 4.42. The van der Waals surface area contributed by atoms with Crippen LogP contribution >= 0.6 is 23.1 Å². The Bertz CT molecular complexity index is 828. The summed E-state index contributed by atoms with van der Waals surface area (Å²) in [5.41, 5.74) is 3.40. The summed E-state index contributed by atoms with van der Waals surface area (Å²) in [6, 6.07) is 13.2. The van der Waals surface area contributed by atoms with Gasteiger partial charge in [-0.15, -0.1) is 11.3 Å². The van der Waals surface area contributed by atoms with Crippen LogP contribution in [-0.2, 0) is 11.3 Å². The quantitative estimate of drug-likeness (QED) is 0.696. The molecule has 0 atom stereocenters. The molecule has 1 N–H and O–H groups in total. The number of anilines is 1. The SMILES string of the molecule is COCc1ccc(C(=O)Nc2ccc3nc(SC)sc3c2)cc1. The monoisotopic (exact) mass is 344 g/mol. The van der Waals surface area contributed by atoms with Crippen LogP contribution in [0.25, 0.3) is 10.2 Å². The molecule has 0 aliphatic heterocycles. The third kappa shape index (κ3) is 3.72. The highest BCUT2D eigenvalue weighted by Crippen LogP contribution is 2.30. The van der Waals surface area contributed by atoms with E-state index in [9.17, 15) is 4.79 Å². The molecule has 1 aromatic heterocycles. The van der Waals surface area contributed by atoms with Gasteiger partial charge < -0.3 is 10.1 Å². The minimum atomic E-state index is -0.122. The van der Waals surface area contributed by atoms with Gasteiger partial charge in [0.05, 0.1) is 16.8 Å². The lowest BCUT2D eigenvalue weighted by atomic mass is 10.1. The second-order valence-corrected chi connectivity index (χ2v) is 7.03. The van der Waals surface area contributed by atoms with Crippen molar-refractivity contribution in [1.82, 2.24) is 4.98 Å². The van der Waals surface area contributed by atoms with Crippen LogP contribution in [0, 0.1) is 0 Å². The number of methoxy groups -OCH3 is 1. The normalized spacial score (nSPS) is 10.9. The number of ether oxygens (including phenoxy) is 1. The van der Waals surface area contributed by atoms with Crippen LogP contribution in [0.5, 0.6) is 0 Å². The molecule has 0 saturated carbocycles. The molecule has 0 fully saturated rings. The summed E-state index contributed by atoms with van der Waals surface area (Å²) in [6.45, 7) is 0.543. The number of thioether (sulfide) groups is 1. The minimum Gasteiger partial charge on any atom is -0.380 e. The molecule has 3 aromatic rings. The standard InChI is InChI=1S/C17H16N2O2S2/c1-21-10-11-3-5-12(6-4-11)16(20)18-13-7-8-14-15(9-13)23-17(19-14)22-2/h3-9H,10H2,1-2H3,(H,18,20). The van der Waals surface area contributed by atoms with Gasteiger partial charge >= 0.3 is 0 Å². The maximum absolute atomic E-state index is 12.3. The first-order chi connectivity index (χ1) is 11.2.